The number of rotatable bonds is 9. The van der Waals surface area contributed by atoms with Gasteiger partial charge in [-0.1, -0.05) is 25.1 Å². The molecule has 130 valence electrons. The number of hydrogen-bond donors (Lipinski definition) is 1. The van der Waals surface area contributed by atoms with Crippen LogP contribution in [-0.2, 0) is 6.42 Å². The van der Waals surface area contributed by atoms with Crippen molar-refractivity contribution < 1.29 is 19.3 Å². The van der Waals surface area contributed by atoms with E-state index < -0.39 is 6.10 Å². The summed E-state index contributed by atoms with van der Waals surface area (Å²) in [4.78, 5) is 0. The summed E-state index contributed by atoms with van der Waals surface area (Å²) in [6, 6.07) is 13.5. The lowest BCUT2D eigenvalue weighted by molar-refractivity contribution is 0.167. The first kappa shape index (κ1) is 18.1. The van der Waals surface area contributed by atoms with Crippen LogP contribution >= 0.6 is 0 Å². The molecule has 1 N–H and O–H groups in total. The molecule has 1 atom stereocenters. The van der Waals surface area contributed by atoms with Crippen molar-refractivity contribution in [3.63, 3.8) is 0 Å². The minimum Gasteiger partial charge on any atom is -0.494 e. The molecule has 0 bridgehead atoms. The highest BCUT2D eigenvalue weighted by molar-refractivity contribution is 5.43. The molecule has 0 aromatic heterocycles. The van der Waals surface area contributed by atoms with Crippen LogP contribution in [0.2, 0.25) is 0 Å². The third-order valence-electron chi connectivity index (χ3n) is 3.87. The molecule has 0 saturated carbocycles. The summed E-state index contributed by atoms with van der Waals surface area (Å²) in [5, 5.41) is 10.4. The van der Waals surface area contributed by atoms with Gasteiger partial charge in [-0.25, -0.2) is 0 Å². The Morgan fingerprint density at radius 3 is 2.50 bits per heavy atom. The van der Waals surface area contributed by atoms with Gasteiger partial charge in [0.15, 0.2) is 11.5 Å². The minimum atomic E-state index is -0.525. The minimum absolute atomic E-state index is 0.525. The van der Waals surface area contributed by atoms with Crippen LogP contribution in [0.1, 0.15) is 37.0 Å². The van der Waals surface area contributed by atoms with Gasteiger partial charge in [0.1, 0.15) is 5.75 Å². The van der Waals surface area contributed by atoms with Gasteiger partial charge in [0.2, 0.25) is 0 Å². The molecule has 0 aliphatic heterocycles. The molecule has 0 fully saturated rings. The Balaban J connectivity index is 1.98. The van der Waals surface area contributed by atoms with E-state index in [1.807, 2.05) is 42.5 Å². The third-order valence-corrected chi connectivity index (χ3v) is 3.87. The number of aliphatic hydroxyl groups is 1. The van der Waals surface area contributed by atoms with E-state index in [1.165, 1.54) is 0 Å². The summed E-state index contributed by atoms with van der Waals surface area (Å²) in [6.45, 7) is 2.76. The van der Waals surface area contributed by atoms with Crippen molar-refractivity contribution in [1.82, 2.24) is 0 Å². The highest BCUT2D eigenvalue weighted by Gasteiger charge is 2.10. The SMILES string of the molecule is CCCOc1cccc(C(O)CCc2ccc(OC)c(OC)c2)c1. The van der Waals surface area contributed by atoms with Crippen molar-refractivity contribution in [3.05, 3.63) is 53.6 Å². The smallest absolute Gasteiger partial charge is 0.160 e. The molecule has 24 heavy (non-hydrogen) atoms. The van der Waals surface area contributed by atoms with Gasteiger partial charge in [-0.05, 0) is 54.7 Å². The van der Waals surface area contributed by atoms with Crippen LogP contribution in [0.15, 0.2) is 42.5 Å². The topological polar surface area (TPSA) is 47.9 Å². The van der Waals surface area contributed by atoms with E-state index in [4.69, 9.17) is 14.2 Å². The van der Waals surface area contributed by atoms with Gasteiger partial charge in [0.25, 0.3) is 0 Å². The summed E-state index contributed by atoms with van der Waals surface area (Å²) < 4.78 is 16.2. The van der Waals surface area contributed by atoms with Crippen molar-refractivity contribution in [1.29, 1.82) is 0 Å². The van der Waals surface area contributed by atoms with Gasteiger partial charge >= 0.3 is 0 Å². The Labute approximate surface area is 144 Å². The van der Waals surface area contributed by atoms with E-state index >= 15 is 0 Å². The van der Waals surface area contributed by atoms with Crippen LogP contribution in [0, 0.1) is 0 Å². The Kier molecular flexibility index (Phi) is 6.94. The number of benzene rings is 2. The molecule has 0 aliphatic rings. The maximum atomic E-state index is 10.4. The summed E-state index contributed by atoms with van der Waals surface area (Å²) in [7, 11) is 3.24. The fourth-order valence-electron chi connectivity index (χ4n) is 2.54. The molecule has 4 heteroatoms. The second-order valence-electron chi connectivity index (χ2n) is 5.66. The highest BCUT2D eigenvalue weighted by Crippen LogP contribution is 2.29. The first-order chi connectivity index (χ1) is 11.7. The average Bonchev–Trinajstić information content (AvgIpc) is 2.64. The maximum Gasteiger partial charge on any atom is 0.160 e. The number of methoxy groups -OCH3 is 2. The zero-order valence-electron chi connectivity index (χ0n) is 14.6. The van der Waals surface area contributed by atoms with Crippen LogP contribution in [0.3, 0.4) is 0 Å². The highest BCUT2D eigenvalue weighted by atomic mass is 16.5. The molecule has 4 nitrogen and oxygen atoms in total. The third kappa shape index (κ3) is 4.90. The van der Waals surface area contributed by atoms with Gasteiger partial charge in [0.05, 0.1) is 26.9 Å². The zero-order valence-corrected chi connectivity index (χ0v) is 14.6. The molecule has 2 aromatic rings. The Morgan fingerprint density at radius 2 is 1.79 bits per heavy atom. The molecule has 0 spiro atoms. The van der Waals surface area contributed by atoms with Gasteiger partial charge in [0, 0.05) is 0 Å². The van der Waals surface area contributed by atoms with Crippen LogP contribution in [0.5, 0.6) is 17.2 Å². The lowest BCUT2D eigenvalue weighted by Gasteiger charge is -2.14. The number of hydrogen-bond acceptors (Lipinski definition) is 4. The summed E-state index contributed by atoms with van der Waals surface area (Å²) in [5.41, 5.74) is 1.98. The summed E-state index contributed by atoms with van der Waals surface area (Å²) in [6.07, 6.45) is 1.82. The molecular weight excluding hydrogens is 304 g/mol. The number of ether oxygens (including phenoxy) is 3. The lowest BCUT2D eigenvalue weighted by Crippen LogP contribution is -2.02. The maximum absolute atomic E-state index is 10.4. The summed E-state index contributed by atoms with van der Waals surface area (Å²) >= 11 is 0. The predicted octanol–water partition coefficient (Wildman–Crippen LogP) is 4.16. The van der Waals surface area contributed by atoms with Crippen LogP contribution in [0.25, 0.3) is 0 Å². The number of aliphatic hydroxyl groups excluding tert-OH is 1. The van der Waals surface area contributed by atoms with E-state index in [1.54, 1.807) is 14.2 Å². The summed E-state index contributed by atoms with van der Waals surface area (Å²) in [5.74, 6) is 2.22. The average molecular weight is 330 g/mol. The van der Waals surface area contributed by atoms with Gasteiger partial charge in [-0.3, -0.25) is 0 Å². The zero-order chi connectivity index (χ0) is 17.4. The fraction of sp³-hybridized carbons (Fsp3) is 0.400. The molecule has 1 unspecified atom stereocenters. The second-order valence-corrected chi connectivity index (χ2v) is 5.66. The van der Waals surface area contributed by atoms with Crippen molar-refractivity contribution >= 4 is 0 Å². The molecule has 2 rings (SSSR count). The monoisotopic (exact) mass is 330 g/mol. The normalized spacial score (nSPS) is 11.8. The predicted molar refractivity (Wildman–Crippen MR) is 95.1 cm³/mol. The van der Waals surface area contributed by atoms with Crippen molar-refractivity contribution in [3.8, 4) is 17.2 Å². The van der Waals surface area contributed by atoms with Crippen LogP contribution < -0.4 is 14.2 Å². The van der Waals surface area contributed by atoms with E-state index in [9.17, 15) is 5.11 Å². The molecule has 0 radical (unpaired) electrons. The first-order valence-corrected chi connectivity index (χ1v) is 8.29. The van der Waals surface area contributed by atoms with E-state index in [0.29, 0.717) is 24.5 Å². The quantitative estimate of drug-likeness (QED) is 0.750. The van der Waals surface area contributed by atoms with E-state index in [0.717, 1.165) is 29.7 Å². The van der Waals surface area contributed by atoms with Crippen molar-refractivity contribution in [2.75, 3.05) is 20.8 Å². The Bertz CT molecular complexity index is 639. The molecule has 0 saturated heterocycles. The fourth-order valence-corrected chi connectivity index (χ4v) is 2.54. The largest absolute Gasteiger partial charge is 0.494 e. The van der Waals surface area contributed by atoms with E-state index in [-0.39, 0.29) is 0 Å². The lowest BCUT2D eigenvalue weighted by atomic mass is 10.0. The van der Waals surface area contributed by atoms with Crippen LogP contribution in [0.4, 0.5) is 0 Å². The molecular formula is C20H26O4. The standard InChI is InChI=1S/C20H26O4/c1-4-12-24-17-7-5-6-16(14-17)18(21)10-8-15-9-11-19(22-2)20(13-15)23-3/h5-7,9,11,13-14,18,21H,4,8,10,12H2,1-3H3. The van der Waals surface area contributed by atoms with Crippen molar-refractivity contribution in [2.24, 2.45) is 0 Å². The number of aryl methyl sites for hydroxylation is 1. The molecule has 0 amide bonds. The first-order valence-electron chi connectivity index (χ1n) is 8.29. The Morgan fingerprint density at radius 1 is 1.00 bits per heavy atom. The van der Waals surface area contributed by atoms with Gasteiger partial charge < -0.3 is 19.3 Å². The molecule has 0 aliphatic carbocycles. The molecule has 2 aromatic carbocycles. The molecule has 0 heterocycles. The second kappa shape index (κ2) is 9.18. The van der Waals surface area contributed by atoms with Crippen molar-refractivity contribution in [2.45, 2.75) is 32.3 Å². The van der Waals surface area contributed by atoms with E-state index in [2.05, 4.69) is 6.92 Å². The van der Waals surface area contributed by atoms with Gasteiger partial charge in [-0.15, -0.1) is 0 Å². The Hall–Kier alpha value is -2.20. The van der Waals surface area contributed by atoms with Crippen LogP contribution in [-0.4, -0.2) is 25.9 Å². The van der Waals surface area contributed by atoms with Gasteiger partial charge in [-0.2, -0.15) is 0 Å².